The average molecular weight is 408 g/mol. The second kappa shape index (κ2) is 7.27. The number of hydrogen-bond acceptors (Lipinski definition) is 4. The van der Waals surface area contributed by atoms with Crippen molar-refractivity contribution in [2.24, 2.45) is 10.8 Å². The largest absolute Gasteiger partial charge is 0.493 e. The number of amides is 2. The van der Waals surface area contributed by atoms with Gasteiger partial charge >= 0.3 is 0 Å². The standard InChI is InChI=1S/C24H28N2O4/c1-2-30-20-8-7-19(17-5-3-4-6-18(17)20)25-21(27)23(9-10-23)24(11-12-24)22(28)26-13-15-29-16-14-26/h3-8H,2,9-16H2,1H3,(H,25,27). The number of rotatable bonds is 6. The predicted molar refractivity (Wildman–Crippen MR) is 114 cm³/mol. The quantitative estimate of drug-likeness (QED) is 0.793. The summed E-state index contributed by atoms with van der Waals surface area (Å²) in [5, 5.41) is 5.11. The fourth-order valence-corrected chi connectivity index (χ4v) is 5.04. The Morgan fingerprint density at radius 1 is 1.00 bits per heavy atom. The van der Waals surface area contributed by atoms with Crippen LogP contribution in [0.2, 0.25) is 0 Å². The van der Waals surface area contributed by atoms with Crippen LogP contribution < -0.4 is 10.1 Å². The van der Waals surface area contributed by atoms with Gasteiger partial charge in [0.15, 0.2) is 0 Å². The molecule has 3 fully saturated rings. The number of carbonyl (C=O) groups excluding carboxylic acids is 2. The second-order valence-electron chi connectivity index (χ2n) is 8.61. The second-order valence-corrected chi connectivity index (χ2v) is 8.61. The third-order valence-electron chi connectivity index (χ3n) is 6.99. The first-order valence-corrected chi connectivity index (χ1v) is 10.9. The van der Waals surface area contributed by atoms with Gasteiger partial charge in [0.25, 0.3) is 0 Å². The van der Waals surface area contributed by atoms with Gasteiger partial charge in [0.2, 0.25) is 11.8 Å². The molecule has 2 aromatic carbocycles. The molecule has 0 unspecified atom stereocenters. The van der Waals surface area contributed by atoms with Crippen molar-refractivity contribution < 1.29 is 19.1 Å². The van der Waals surface area contributed by atoms with Crippen LogP contribution in [0, 0.1) is 10.8 Å². The minimum Gasteiger partial charge on any atom is -0.493 e. The van der Waals surface area contributed by atoms with E-state index in [2.05, 4.69) is 5.32 Å². The maximum atomic E-state index is 13.5. The summed E-state index contributed by atoms with van der Waals surface area (Å²) in [5.74, 6) is 0.944. The molecule has 158 valence electrons. The van der Waals surface area contributed by atoms with Crippen molar-refractivity contribution in [3.8, 4) is 5.75 Å². The first kappa shape index (κ1) is 19.4. The highest BCUT2D eigenvalue weighted by Gasteiger charge is 2.73. The Labute approximate surface area is 176 Å². The van der Waals surface area contributed by atoms with E-state index in [0.717, 1.165) is 47.9 Å². The molecule has 1 saturated heterocycles. The van der Waals surface area contributed by atoms with Crippen molar-refractivity contribution >= 4 is 28.3 Å². The van der Waals surface area contributed by atoms with E-state index in [1.54, 1.807) is 0 Å². The van der Waals surface area contributed by atoms with E-state index in [9.17, 15) is 9.59 Å². The molecule has 2 saturated carbocycles. The molecule has 30 heavy (non-hydrogen) atoms. The fraction of sp³-hybridized carbons (Fsp3) is 0.500. The van der Waals surface area contributed by atoms with Crippen molar-refractivity contribution in [2.75, 3.05) is 38.2 Å². The van der Waals surface area contributed by atoms with Crippen LogP contribution in [0.3, 0.4) is 0 Å². The molecule has 1 N–H and O–H groups in total. The predicted octanol–water partition coefficient (Wildman–Crippen LogP) is 3.60. The molecule has 2 amide bonds. The Kier molecular flexibility index (Phi) is 4.69. The summed E-state index contributed by atoms with van der Waals surface area (Å²) in [7, 11) is 0. The summed E-state index contributed by atoms with van der Waals surface area (Å²) in [4.78, 5) is 28.7. The third kappa shape index (κ3) is 2.97. The molecule has 6 heteroatoms. The van der Waals surface area contributed by atoms with Crippen molar-refractivity contribution in [1.29, 1.82) is 0 Å². The summed E-state index contributed by atoms with van der Waals surface area (Å²) in [6, 6.07) is 11.8. The molecule has 0 radical (unpaired) electrons. The van der Waals surface area contributed by atoms with Gasteiger partial charge in [0.05, 0.1) is 30.7 Å². The van der Waals surface area contributed by atoms with Crippen LogP contribution >= 0.6 is 0 Å². The van der Waals surface area contributed by atoms with Gasteiger partial charge in [0, 0.05) is 29.5 Å². The Morgan fingerprint density at radius 2 is 1.67 bits per heavy atom. The highest BCUT2D eigenvalue weighted by Crippen LogP contribution is 2.71. The number of carbonyl (C=O) groups is 2. The highest BCUT2D eigenvalue weighted by molar-refractivity contribution is 6.09. The maximum absolute atomic E-state index is 13.5. The van der Waals surface area contributed by atoms with Gasteiger partial charge in [-0.3, -0.25) is 9.59 Å². The van der Waals surface area contributed by atoms with Gasteiger partial charge in [-0.05, 0) is 44.7 Å². The number of morpholine rings is 1. The smallest absolute Gasteiger partial charge is 0.231 e. The summed E-state index contributed by atoms with van der Waals surface area (Å²) in [5.41, 5.74) is -0.308. The molecule has 0 spiro atoms. The number of fused-ring (bicyclic) bond motifs is 1. The Bertz CT molecular complexity index is 988. The molecule has 2 aliphatic carbocycles. The van der Waals surface area contributed by atoms with Crippen LogP contribution in [-0.2, 0) is 14.3 Å². The minimum atomic E-state index is -0.567. The van der Waals surface area contributed by atoms with Crippen molar-refractivity contribution in [3.63, 3.8) is 0 Å². The lowest BCUT2D eigenvalue weighted by Gasteiger charge is -2.34. The van der Waals surface area contributed by atoms with E-state index in [1.807, 2.05) is 48.2 Å². The maximum Gasteiger partial charge on any atom is 0.231 e. The first-order valence-electron chi connectivity index (χ1n) is 10.9. The van der Waals surface area contributed by atoms with Crippen LogP contribution in [0.1, 0.15) is 32.6 Å². The van der Waals surface area contributed by atoms with Crippen LogP contribution in [0.25, 0.3) is 10.8 Å². The topological polar surface area (TPSA) is 67.9 Å². The summed E-state index contributed by atoms with van der Waals surface area (Å²) in [6.45, 7) is 4.97. The lowest BCUT2D eigenvalue weighted by Crippen LogP contribution is -2.49. The summed E-state index contributed by atoms with van der Waals surface area (Å²) >= 11 is 0. The number of nitrogens with one attached hydrogen (secondary N) is 1. The average Bonchev–Trinajstić information content (AvgIpc) is 3.69. The lowest BCUT2D eigenvalue weighted by atomic mass is 9.83. The molecule has 0 bridgehead atoms. The number of benzene rings is 2. The zero-order chi connectivity index (χ0) is 20.8. The van der Waals surface area contributed by atoms with E-state index in [-0.39, 0.29) is 11.8 Å². The lowest BCUT2D eigenvalue weighted by molar-refractivity contribution is -0.147. The normalized spacial score (nSPS) is 21.2. The monoisotopic (exact) mass is 408 g/mol. The van der Waals surface area contributed by atoms with E-state index in [1.165, 1.54) is 0 Å². The van der Waals surface area contributed by atoms with E-state index < -0.39 is 10.8 Å². The van der Waals surface area contributed by atoms with Crippen LogP contribution in [0.5, 0.6) is 5.75 Å². The van der Waals surface area contributed by atoms with Crippen molar-refractivity contribution in [3.05, 3.63) is 36.4 Å². The summed E-state index contributed by atoms with van der Waals surface area (Å²) < 4.78 is 11.1. The number of hydrogen-bond donors (Lipinski definition) is 1. The highest BCUT2D eigenvalue weighted by atomic mass is 16.5. The van der Waals surface area contributed by atoms with Gasteiger partial charge in [-0.1, -0.05) is 24.3 Å². The van der Waals surface area contributed by atoms with Gasteiger partial charge in [0.1, 0.15) is 5.75 Å². The van der Waals surface area contributed by atoms with Crippen LogP contribution in [-0.4, -0.2) is 49.6 Å². The van der Waals surface area contributed by atoms with Gasteiger partial charge in [-0.15, -0.1) is 0 Å². The number of anilines is 1. The molecular formula is C24H28N2O4. The van der Waals surface area contributed by atoms with Crippen molar-refractivity contribution in [1.82, 2.24) is 4.90 Å². The molecular weight excluding hydrogens is 380 g/mol. The molecule has 6 nitrogen and oxygen atoms in total. The van der Waals surface area contributed by atoms with Gasteiger partial charge < -0.3 is 19.7 Å². The van der Waals surface area contributed by atoms with E-state index in [0.29, 0.717) is 32.9 Å². The molecule has 0 atom stereocenters. The Hall–Kier alpha value is -2.60. The van der Waals surface area contributed by atoms with Crippen LogP contribution in [0.15, 0.2) is 36.4 Å². The molecule has 1 aliphatic heterocycles. The molecule has 1 heterocycles. The fourth-order valence-electron chi connectivity index (χ4n) is 5.04. The number of nitrogens with zero attached hydrogens (tertiary/aromatic N) is 1. The van der Waals surface area contributed by atoms with Gasteiger partial charge in [-0.2, -0.15) is 0 Å². The zero-order valence-electron chi connectivity index (χ0n) is 17.4. The summed E-state index contributed by atoms with van der Waals surface area (Å²) in [6.07, 6.45) is 3.18. The number of ether oxygens (including phenoxy) is 2. The SMILES string of the molecule is CCOc1ccc(NC(=O)C2(C3(C(=O)N4CCOCC4)CC3)CC2)c2ccccc12. The first-order chi connectivity index (χ1) is 14.6. The van der Waals surface area contributed by atoms with Crippen LogP contribution in [0.4, 0.5) is 5.69 Å². The Morgan fingerprint density at radius 3 is 2.30 bits per heavy atom. The molecule has 5 rings (SSSR count). The van der Waals surface area contributed by atoms with E-state index in [4.69, 9.17) is 9.47 Å². The Balaban J connectivity index is 1.41. The van der Waals surface area contributed by atoms with Crippen molar-refractivity contribution in [2.45, 2.75) is 32.6 Å². The van der Waals surface area contributed by atoms with Gasteiger partial charge in [-0.25, -0.2) is 0 Å². The van der Waals surface area contributed by atoms with E-state index >= 15 is 0 Å². The zero-order valence-corrected chi connectivity index (χ0v) is 17.4. The third-order valence-corrected chi connectivity index (χ3v) is 6.99. The minimum absolute atomic E-state index is 0.0177. The molecule has 2 aromatic rings. The molecule has 0 aromatic heterocycles. The molecule has 3 aliphatic rings.